The first kappa shape index (κ1) is 28.1. The predicted octanol–water partition coefficient (Wildman–Crippen LogP) is 3.67. The van der Waals surface area contributed by atoms with Crippen LogP contribution >= 0.6 is 0 Å². The summed E-state index contributed by atoms with van der Waals surface area (Å²) >= 11 is 0. The number of hydrogen-bond acceptors (Lipinski definition) is 4. The smallest absolute Gasteiger partial charge is 0.115 e. The Morgan fingerprint density at radius 3 is 0.850 bits per heavy atom. The van der Waals surface area contributed by atoms with E-state index in [1.54, 1.807) is 0 Å². The Hall–Kier alpha value is -0.160. The van der Waals surface area contributed by atoms with Gasteiger partial charge in [0, 0.05) is 5.54 Å². The lowest BCUT2D eigenvalue weighted by molar-refractivity contribution is 0.420. The van der Waals surface area contributed by atoms with Gasteiger partial charge in [-0.05, 0) is 26.7 Å². The third kappa shape index (κ3) is 82.3. The van der Waals surface area contributed by atoms with Crippen LogP contribution in [-0.2, 0) is 0 Å². The van der Waals surface area contributed by atoms with Crippen molar-refractivity contribution in [3.63, 3.8) is 0 Å². The fourth-order valence-corrected chi connectivity index (χ4v) is 1.08. The number of rotatable bonds is 4. The fraction of sp³-hybridized carbons (Fsp3) is 1.00. The first-order valence-electron chi connectivity index (χ1n) is 8.10. The molecule has 0 aliphatic heterocycles. The summed E-state index contributed by atoms with van der Waals surface area (Å²) < 4.78 is 0. The lowest BCUT2D eigenvalue weighted by Gasteiger charge is -2.15. The largest absolute Gasteiger partial charge is 0.326 e. The van der Waals surface area contributed by atoms with Crippen molar-refractivity contribution in [1.29, 1.82) is 0 Å². The van der Waals surface area contributed by atoms with E-state index < -0.39 is 5.79 Å². The molecule has 0 bridgehead atoms. The molecule has 0 atom stereocenters. The molecule has 8 N–H and O–H groups in total. The van der Waals surface area contributed by atoms with Gasteiger partial charge in [-0.3, -0.25) is 0 Å². The minimum atomic E-state index is -0.950. The SMILES string of the molecule is CCC.CCC.CCCC(C)(C)N.CCCC(N)(N)N. The van der Waals surface area contributed by atoms with Gasteiger partial charge in [-0.15, -0.1) is 0 Å². The van der Waals surface area contributed by atoms with Gasteiger partial charge in [0.2, 0.25) is 0 Å². The van der Waals surface area contributed by atoms with Crippen molar-refractivity contribution >= 4 is 0 Å². The minimum Gasteiger partial charge on any atom is -0.326 e. The zero-order valence-corrected chi connectivity index (χ0v) is 15.6. The Balaban J connectivity index is -0.0000000927. The van der Waals surface area contributed by atoms with E-state index in [0.29, 0.717) is 6.42 Å². The van der Waals surface area contributed by atoms with E-state index in [2.05, 4.69) is 48.5 Å². The summed E-state index contributed by atoms with van der Waals surface area (Å²) in [6.45, 7) is 16.7. The predicted molar refractivity (Wildman–Crippen MR) is 95.3 cm³/mol. The van der Waals surface area contributed by atoms with Crippen LogP contribution in [0.2, 0.25) is 0 Å². The molecule has 0 aliphatic carbocycles. The zero-order valence-electron chi connectivity index (χ0n) is 15.6. The van der Waals surface area contributed by atoms with E-state index >= 15 is 0 Å². The van der Waals surface area contributed by atoms with Crippen LogP contribution in [0.4, 0.5) is 0 Å². The molecule has 0 amide bonds. The highest BCUT2D eigenvalue weighted by Gasteiger charge is 2.07. The van der Waals surface area contributed by atoms with Gasteiger partial charge in [-0.1, -0.05) is 67.2 Å². The minimum absolute atomic E-state index is 0.0503. The molecule has 0 saturated carbocycles. The monoisotopic (exact) mass is 292 g/mol. The molecule has 0 fully saturated rings. The van der Waals surface area contributed by atoms with Crippen LogP contribution in [0.25, 0.3) is 0 Å². The molecule has 128 valence electrons. The highest BCUT2D eigenvalue weighted by Crippen LogP contribution is 2.04. The van der Waals surface area contributed by atoms with Crippen molar-refractivity contribution in [3.05, 3.63) is 0 Å². The third-order valence-electron chi connectivity index (χ3n) is 1.58. The van der Waals surface area contributed by atoms with E-state index in [-0.39, 0.29) is 5.54 Å². The van der Waals surface area contributed by atoms with Crippen LogP contribution in [-0.4, -0.2) is 11.3 Å². The van der Waals surface area contributed by atoms with Crippen LogP contribution < -0.4 is 22.9 Å². The molecular weight excluding hydrogens is 248 g/mol. The summed E-state index contributed by atoms with van der Waals surface area (Å²) in [6, 6.07) is 0. The molecule has 0 aliphatic rings. The standard InChI is InChI=1S/C6H15N.C4H13N3.2C3H8/c1-4-5-6(2,3)7;1-2-3-4(5,6)7;2*1-3-2/h4-5,7H2,1-3H3;2-3,5-7H2,1H3;2*3H2,1-2H3. The Kier molecular flexibility index (Phi) is 26.4. The summed E-state index contributed by atoms with van der Waals surface area (Å²) in [5, 5.41) is 0. The first-order chi connectivity index (χ1) is 8.95. The maximum atomic E-state index is 5.65. The Morgan fingerprint density at radius 1 is 0.600 bits per heavy atom. The summed E-state index contributed by atoms with van der Waals surface area (Å²) in [5.74, 6) is -0.950. The van der Waals surface area contributed by atoms with Gasteiger partial charge >= 0.3 is 0 Å². The molecule has 0 spiro atoms. The number of nitrogens with two attached hydrogens (primary N) is 4. The van der Waals surface area contributed by atoms with Crippen molar-refractivity contribution in [1.82, 2.24) is 0 Å². The summed E-state index contributed by atoms with van der Waals surface area (Å²) in [6.07, 6.45) is 6.41. The molecule has 4 nitrogen and oxygen atoms in total. The van der Waals surface area contributed by atoms with Crippen LogP contribution in [0.5, 0.6) is 0 Å². The van der Waals surface area contributed by atoms with Crippen LogP contribution in [0.3, 0.4) is 0 Å². The highest BCUT2D eigenvalue weighted by atomic mass is 15.1. The molecule has 0 saturated heterocycles. The lowest BCUT2D eigenvalue weighted by Crippen LogP contribution is -2.57. The van der Waals surface area contributed by atoms with E-state index in [0.717, 1.165) is 12.8 Å². The maximum Gasteiger partial charge on any atom is 0.115 e. The Morgan fingerprint density at radius 2 is 0.850 bits per heavy atom. The normalized spacial score (nSPS) is 10.2. The lowest BCUT2D eigenvalue weighted by atomic mass is 10.0. The van der Waals surface area contributed by atoms with Crippen LogP contribution in [0.15, 0.2) is 0 Å². The first-order valence-corrected chi connectivity index (χ1v) is 8.10. The van der Waals surface area contributed by atoms with E-state index in [9.17, 15) is 0 Å². The molecule has 0 radical (unpaired) electrons. The van der Waals surface area contributed by atoms with Crippen molar-refractivity contribution in [2.45, 2.75) is 105 Å². The molecule has 0 aromatic heterocycles. The van der Waals surface area contributed by atoms with Gasteiger partial charge in [0.05, 0.1) is 0 Å². The second-order valence-corrected chi connectivity index (χ2v) is 6.02. The van der Waals surface area contributed by atoms with Crippen molar-refractivity contribution in [2.75, 3.05) is 0 Å². The van der Waals surface area contributed by atoms with Gasteiger partial charge in [0.25, 0.3) is 0 Å². The highest BCUT2D eigenvalue weighted by molar-refractivity contribution is 4.69. The van der Waals surface area contributed by atoms with E-state index in [1.807, 2.05) is 6.92 Å². The van der Waals surface area contributed by atoms with Gasteiger partial charge in [0.1, 0.15) is 5.79 Å². The molecular formula is C16H44N4. The molecule has 0 heterocycles. The molecule has 0 rings (SSSR count). The average Bonchev–Trinajstić information content (AvgIpc) is 2.16. The van der Waals surface area contributed by atoms with Gasteiger partial charge in [-0.2, -0.15) is 0 Å². The van der Waals surface area contributed by atoms with Crippen LogP contribution in [0.1, 0.15) is 93.9 Å². The van der Waals surface area contributed by atoms with Crippen LogP contribution in [0, 0.1) is 0 Å². The molecule has 0 aromatic rings. The van der Waals surface area contributed by atoms with E-state index in [1.165, 1.54) is 19.3 Å². The summed E-state index contributed by atoms with van der Waals surface area (Å²) in [5.41, 5.74) is 21.3. The third-order valence-corrected chi connectivity index (χ3v) is 1.58. The second kappa shape index (κ2) is 18.8. The van der Waals surface area contributed by atoms with Crippen molar-refractivity contribution < 1.29 is 0 Å². The summed E-state index contributed by atoms with van der Waals surface area (Å²) in [4.78, 5) is 0. The zero-order chi connectivity index (χ0) is 17.2. The molecule has 0 aromatic carbocycles. The summed E-state index contributed by atoms with van der Waals surface area (Å²) in [7, 11) is 0. The van der Waals surface area contributed by atoms with Gasteiger partial charge < -0.3 is 22.9 Å². The Labute approximate surface area is 129 Å². The second-order valence-electron chi connectivity index (χ2n) is 6.02. The quantitative estimate of drug-likeness (QED) is 0.593. The van der Waals surface area contributed by atoms with E-state index in [4.69, 9.17) is 22.9 Å². The maximum absolute atomic E-state index is 5.65. The van der Waals surface area contributed by atoms with Crippen molar-refractivity contribution in [3.8, 4) is 0 Å². The molecule has 4 heteroatoms. The topological polar surface area (TPSA) is 104 Å². The Bertz CT molecular complexity index is 128. The molecule has 0 unspecified atom stereocenters. The average molecular weight is 293 g/mol. The number of hydrogen-bond donors (Lipinski definition) is 4. The van der Waals surface area contributed by atoms with Gasteiger partial charge in [0.15, 0.2) is 0 Å². The van der Waals surface area contributed by atoms with Crippen molar-refractivity contribution in [2.24, 2.45) is 22.9 Å². The fourth-order valence-electron chi connectivity index (χ4n) is 1.08. The van der Waals surface area contributed by atoms with Gasteiger partial charge in [-0.25, -0.2) is 0 Å². The molecule has 20 heavy (non-hydrogen) atoms.